The topological polar surface area (TPSA) is 59.0 Å². The van der Waals surface area contributed by atoms with Crippen LogP contribution >= 0.6 is 15.9 Å². The van der Waals surface area contributed by atoms with E-state index in [-0.39, 0.29) is 11.8 Å². The molecule has 5 nitrogen and oxygen atoms in total. The zero-order chi connectivity index (χ0) is 18.4. The van der Waals surface area contributed by atoms with Crippen LogP contribution in [0.15, 0.2) is 65.4 Å². The third-order valence-electron chi connectivity index (χ3n) is 3.82. The highest BCUT2D eigenvalue weighted by molar-refractivity contribution is 9.10. The minimum absolute atomic E-state index is 0.240. The number of benzene rings is 2. The van der Waals surface area contributed by atoms with Gasteiger partial charge in [0.15, 0.2) is 0 Å². The molecule has 2 aromatic carbocycles. The van der Waals surface area contributed by atoms with Gasteiger partial charge in [0.05, 0.1) is 10.2 Å². The van der Waals surface area contributed by atoms with Crippen LogP contribution in [-0.2, 0) is 13.0 Å². The molecule has 0 bridgehead atoms. The van der Waals surface area contributed by atoms with Gasteiger partial charge in [0.25, 0.3) is 0 Å². The van der Waals surface area contributed by atoms with Crippen LogP contribution in [0, 0.1) is 5.82 Å². The lowest BCUT2D eigenvalue weighted by molar-refractivity contribution is 0.240. The van der Waals surface area contributed by atoms with Gasteiger partial charge in [0, 0.05) is 25.5 Å². The van der Waals surface area contributed by atoms with E-state index in [0.29, 0.717) is 24.0 Å². The summed E-state index contributed by atoms with van der Waals surface area (Å²) in [7, 11) is 0. The number of hydrogen-bond donors (Lipinski definition) is 2. The number of amides is 2. The molecule has 2 N–H and O–H groups in total. The van der Waals surface area contributed by atoms with Gasteiger partial charge >= 0.3 is 6.03 Å². The molecule has 0 aliphatic heterocycles. The summed E-state index contributed by atoms with van der Waals surface area (Å²) in [5, 5.41) is 9.82. The summed E-state index contributed by atoms with van der Waals surface area (Å²) < 4.78 is 15.4. The molecule has 0 atom stereocenters. The second kappa shape index (κ2) is 8.62. The first kappa shape index (κ1) is 18.1. The van der Waals surface area contributed by atoms with Crippen molar-refractivity contribution in [2.24, 2.45) is 0 Å². The summed E-state index contributed by atoms with van der Waals surface area (Å²) in [6.07, 6.45) is 4.21. The fourth-order valence-corrected chi connectivity index (χ4v) is 2.92. The van der Waals surface area contributed by atoms with Crippen LogP contribution in [0.4, 0.5) is 9.18 Å². The van der Waals surface area contributed by atoms with E-state index in [4.69, 9.17) is 0 Å². The molecule has 0 aliphatic rings. The smallest absolute Gasteiger partial charge is 0.315 e. The molecule has 1 heterocycles. The fraction of sp³-hybridized carbons (Fsp3) is 0.158. The molecular formula is C19H18BrFN4O. The third-order valence-corrected chi connectivity index (χ3v) is 4.42. The summed E-state index contributed by atoms with van der Waals surface area (Å²) in [6, 6.07) is 14.3. The Morgan fingerprint density at radius 3 is 2.77 bits per heavy atom. The molecule has 0 unspecified atom stereocenters. The van der Waals surface area contributed by atoms with Crippen LogP contribution < -0.4 is 10.6 Å². The highest BCUT2D eigenvalue weighted by Gasteiger charge is 2.04. The van der Waals surface area contributed by atoms with E-state index in [1.807, 2.05) is 36.5 Å². The molecule has 3 rings (SSSR count). The number of halogens is 2. The Labute approximate surface area is 159 Å². The standard InChI is InChI=1S/C19H18BrFN4O/c20-17-12-14(5-6-18(17)21)7-9-22-19(26)23-13-15-3-1-4-16(11-15)25-10-2-8-24-25/h1-6,8,10-12H,7,9,13H2,(H2,22,23,26). The summed E-state index contributed by atoms with van der Waals surface area (Å²) in [5.41, 5.74) is 2.87. The number of carbonyl (C=O) groups excluding carboxylic acids is 1. The molecule has 0 fully saturated rings. The van der Waals surface area contributed by atoms with Gasteiger partial charge in [-0.1, -0.05) is 18.2 Å². The zero-order valence-electron chi connectivity index (χ0n) is 14.0. The Morgan fingerprint density at radius 1 is 1.12 bits per heavy atom. The van der Waals surface area contributed by atoms with Crippen molar-refractivity contribution in [1.82, 2.24) is 20.4 Å². The summed E-state index contributed by atoms with van der Waals surface area (Å²) in [4.78, 5) is 11.9. The van der Waals surface area contributed by atoms with E-state index in [2.05, 4.69) is 31.7 Å². The number of hydrogen-bond acceptors (Lipinski definition) is 2. The van der Waals surface area contributed by atoms with E-state index < -0.39 is 0 Å². The Morgan fingerprint density at radius 2 is 2.00 bits per heavy atom. The van der Waals surface area contributed by atoms with Crippen LogP contribution in [0.25, 0.3) is 5.69 Å². The maximum atomic E-state index is 13.2. The van der Waals surface area contributed by atoms with E-state index in [1.165, 1.54) is 6.07 Å². The molecule has 2 amide bonds. The fourth-order valence-electron chi connectivity index (χ4n) is 2.49. The molecule has 26 heavy (non-hydrogen) atoms. The molecule has 0 aliphatic carbocycles. The number of carbonyl (C=O) groups is 1. The second-order valence-electron chi connectivity index (χ2n) is 5.73. The van der Waals surface area contributed by atoms with Gasteiger partial charge in [-0.3, -0.25) is 0 Å². The lowest BCUT2D eigenvalue weighted by atomic mass is 10.1. The number of aromatic nitrogens is 2. The monoisotopic (exact) mass is 416 g/mol. The van der Waals surface area contributed by atoms with Crippen LogP contribution in [0.2, 0.25) is 0 Å². The second-order valence-corrected chi connectivity index (χ2v) is 6.58. The molecule has 3 aromatic rings. The van der Waals surface area contributed by atoms with Gasteiger partial charge in [-0.05, 0) is 63.8 Å². The van der Waals surface area contributed by atoms with E-state index in [0.717, 1.165) is 16.8 Å². The van der Waals surface area contributed by atoms with E-state index >= 15 is 0 Å². The first-order valence-electron chi connectivity index (χ1n) is 8.16. The molecule has 0 saturated carbocycles. The SMILES string of the molecule is O=C(NCCc1ccc(F)c(Br)c1)NCc1cccc(-n2cccn2)c1. The van der Waals surface area contributed by atoms with Gasteiger partial charge in [-0.2, -0.15) is 5.10 Å². The predicted molar refractivity (Wildman–Crippen MR) is 102 cm³/mol. The summed E-state index contributed by atoms with van der Waals surface area (Å²) in [6.45, 7) is 0.889. The number of nitrogens with one attached hydrogen (secondary N) is 2. The highest BCUT2D eigenvalue weighted by atomic mass is 79.9. The van der Waals surface area contributed by atoms with Crippen molar-refractivity contribution in [1.29, 1.82) is 0 Å². The van der Waals surface area contributed by atoms with Gasteiger partial charge in [0.2, 0.25) is 0 Å². The summed E-state index contributed by atoms with van der Waals surface area (Å²) in [5.74, 6) is -0.295. The molecule has 1 aromatic heterocycles. The zero-order valence-corrected chi connectivity index (χ0v) is 15.5. The minimum atomic E-state index is -0.295. The molecular weight excluding hydrogens is 399 g/mol. The van der Waals surface area contributed by atoms with Crippen LogP contribution in [0.3, 0.4) is 0 Å². The normalized spacial score (nSPS) is 10.5. The maximum absolute atomic E-state index is 13.2. The molecule has 0 spiro atoms. The first-order valence-corrected chi connectivity index (χ1v) is 8.96. The quantitative estimate of drug-likeness (QED) is 0.641. The van der Waals surface area contributed by atoms with Crippen molar-refractivity contribution in [3.8, 4) is 5.69 Å². The maximum Gasteiger partial charge on any atom is 0.315 e. The van der Waals surface area contributed by atoms with Gasteiger partial charge in [0.1, 0.15) is 5.82 Å². The van der Waals surface area contributed by atoms with Crippen molar-refractivity contribution in [2.45, 2.75) is 13.0 Å². The number of rotatable bonds is 6. The molecule has 7 heteroatoms. The Balaban J connectivity index is 1.45. The van der Waals surface area contributed by atoms with E-state index in [1.54, 1.807) is 23.0 Å². The largest absolute Gasteiger partial charge is 0.338 e. The van der Waals surface area contributed by atoms with Crippen molar-refractivity contribution in [3.05, 3.63) is 82.3 Å². The third kappa shape index (κ3) is 4.92. The molecule has 0 saturated heterocycles. The van der Waals surface area contributed by atoms with Crippen molar-refractivity contribution < 1.29 is 9.18 Å². The average molecular weight is 417 g/mol. The van der Waals surface area contributed by atoms with Gasteiger partial charge in [-0.15, -0.1) is 0 Å². The molecule has 0 radical (unpaired) electrons. The first-order chi connectivity index (χ1) is 12.6. The van der Waals surface area contributed by atoms with Crippen molar-refractivity contribution in [3.63, 3.8) is 0 Å². The van der Waals surface area contributed by atoms with Gasteiger partial charge < -0.3 is 10.6 Å². The highest BCUT2D eigenvalue weighted by Crippen LogP contribution is 2.16. The van der Waals surface area contributed by atoms with Crippen LogP contribution in [0.5, 0.6) is 0 Å². The van der Waals surface area contributed by atoms with Crippen LogP contribution in [0.1, 0.15) is 11.1 Å². The van der Waals surface area contributed by atoms with Gasteiger partial charge in [-0.25, -0.2) is 13.9 Å². The van der Waals surface area contributed by atoms with E-state index in [9.17, 15) is 9.18 Å². The molecule has 134 valence electrons. The minimum Gasteiger partial charge on any atom is -0.338 e. The number of urea groups is 1. The van der Waals surface area contributed by atoms with Crippen LogP contribution in [-0.4, -0.2) is 22.4 Å². The number of nitrogens with zero attached hydrogens (tertiary/aromatic N) is 2. The Kier molecular flexibility index (Phi) is 6.01. The summed E-state index contributed by atoms with van der Waals surface area (Å²) >= 11 is 3.16. The van der Waals surface area contributed by atoms with Crippen molar-refractivity contribution in [2.75, 3.05) is 6.54 Å². The average Bonchev–Trinajstić information content (AvgIpc) is 3.18. The van der Waals surface area contributed by atoms with Crippen molar-refractivity contribution >= 4 is 22.0 Å². The Hall–Kier alpha value is -2.67. The lowest BCUT2D eigenvalue weighted by Crippen LogP contribution is -2.36. The predicted octanol–water partition coefficient (Wildman–Crippen LogP) is 3.82. The lowest BCUT2D eigenvalue weighted by Gasteiger charge is -2.09. The Bertz CT molecular complexity index is 883.